The fraction of sp³-hybridized carbons (Fsp3) is 0.357. The lowest BCUT2D eigenvalue weighted by atomic mass is 9.89. The first-order valence-corrected chi connectivity index (χ1v) is 12.9. The van der Waals surface area contributed by atoms with E-state index in [4.69, 9.17) is 11.6 Å². The Bertz CT molecular complexity index is 1200. The van der Waals surface area contributed by atoms with Crippen molar-refractivity contribution in [2.24, 2.45) is 5.92 Å². The number of hydrogen-bond acceptors (Lipinski definition) is 5. The van der Waals surface area contributed by atoms with Crippen molar-refractivity contribution in [2.45, 2.75) is 31.6 Å². The number of hydrogen-bond donors (Lipinski definition) is 1. The zero-order valence-corrected chi connectivity index (χ0v) is 20.9. The molecule has 5 rings (SSSR count). The van der Waals surface area contributed by atoms with Gasteiger partial charge in [-0.2, -0.15) is 5.10 Å². The summed E-state index contributed by atoms with van der Waals surface area (Å²) in [5.41, 5.74) is 3.02. The molecular formula is C28H30ClN5O2. The van der Waals surface area contributed by atoms with Crippen molar-refractivity contribution >= 4 is 34.9 Å². The van der Waals surface area contributed by atoms with Gasteiger partial charge in [0.2, 0.25) is 11.8 Å². The van der Waals surface area contributed by atoms with Gasteiger partial charge in [0.25, 0.3) is 0 Å². The van der Waals surface area contributed by atoms with Gasteiger partial charge in [-0.25, -0.2) is 0 Å². The van der Waals surface area contributed by atoms with E-state index in [9.17, 15) is 9.59 Å². The van der Waals surface area contributed by atoms with Crippen LogP contribution in [0.25, 0.3) is 0 Å². The van der Waals surface area contributed by atoms with Gasteiger partial charge < -0.3 is 15.1 Å². The highest BCUT2D eigenvalue weighted by molar-refractivity contribution is 6.30. The molecule has 3 heterocycles. The molecular weight excluding hydrogens is 474 g/mol. The number of amides is 2. The number of benzene rings is 2. The van der Waals surface area contributed by atoms with Crippen molar-refractivity contribution in [3.8, 4) is 0 Å². The summed E-state index contributed by atoms with van der Waals surface area (Å²) in [7, 11) is 0. The van der Waals surface area contributed by atoms with Crippen LogP contribution in [0.2, 0.25) is 5.02 Å². The van der Waals surface area contributed by atoms with Gasteiger partial charge in [0.15, 0.2) is 5.82 Å². The van der Waals surface area contributed by atoms with Crippen LogP contribution >= 0.6 is 11.6 Å². The van der Waals surface area contributed by atoms with E-state index in [-0.39, 0.29) is 17.7 Å². The number of nitrogens with one attached hydrogen (secondary N) is 1. The SMILES string of the molecule is O=C(Nc1ccc(C2CCN(C(=O)Cc3cccc(Cl)c3)CC2)cc1)[C@H]1CCN(c2cccnn2)C1. The molecule has 0 spiro atoms. The maximum Gasteiger partial charge on any atom is 0.229 e. The van der Waals surface area contributed by atoms with E-state index in [1.807, 2.05) is 53.4 Å². The van der Waals surface area contributed by atoms with Crippen LogP contribution in [0, 0.1) is 5.92 Å². The third-order valence-corrected chi connectivity index (χ3v) is 7.42. The zero-order chi connectivity index (χ0) is 24.9. The van der Waals surface area contributed by atoms with Gasteiger partial charge in [-0.05, 0) is 72.7 Å². The second kappa shape index (κ2) is 11.1. The first-order valence-electron chi connectivity index (χ1n) is 12.5. The molecule has 8 heteroatoms. The summed E-state index contributed by atoms with van der Waals surface area (Å²) in [6, 6.07) is 19.5. The lowest BCUT2D eigenvalue weighted by Gasteiger charge is -2.32. The monoisotopic (exact) mass is 503 g/mol. The highest BCUT2D eigenvalue weighted by atomic mass is 35.5. The smallest absolute Gasteiger partial charge is 0.229 e. The molecule has 1 aromatic heterocycles. The van der Waals surface area contributed by atoms with Crippen LogP contribution in [0.5, 0.6) is 0 Å². The number of aromatic nitrogens is 2. The Kier molecular flexibility index (Phi) is 7.47. The van der Waals surface area contributed by atoms with Gasteiger partial charge in [0, 0.05) is 43.1 Å². The molecule has 0 bridgehead atoms. The van der Waals surface area contributed by atoms with E-state index in [2.05, 4.69) is 32.5 Å². The third kappa shape index (κ3) is 5.85. The normalized spacial score (nSPS) is 18.3. The molecule has 2 aromatic carbocycles. The number of likely N-dealkylation sites (tertiary alicyclic amines) is 1. The Morgan fingerprint density at radius 1 is 0.972 bits per heavy atom. The lowest BCUT2D eigenvalue weighted by Crippen LogP contribution is -2.38. The summed E-state index contributed by atoms with van der Waals surface area (Å²) in [6.07, 6.45) is 4.71. The average molecular weight is 504 g/mol. The number of anilines is 2. The summed E-state index contributed by atoms with van der Waals surface area (Å²) in [4.78, 5) is 29.6. The van der Waals surface area contributed by atoms with E-state index in [1.54, 1.807) is 6.20 Å². The number of rotatable bonds is 6. The van der Waals surface area contributed by atoms with Crippen molar-refractivity contribution in [3.05, 3.63) is 83.0 Å². The minimum Gasteiger partial charge on any atom is -0.354 e. The van der Waals surface area contributed by atoms with E-state index < -0.39 is 0 Å². The standard InChI is InChI=1S/C28H30ClN5O2/c29-24-4-1-3-20(17-24)18-27(35)33-14-10-22(11-15-33)21-6-8-25(9-7-21)31-28(36)23-12-16-34(19-23)26-5-2-13-30-32-26/h1-9,13,17,22-23H,10-12,14-16,18-19H2,(H,31,36)/t23-/m0/s1. The third-order valence-electron chi connectivity index (χ3n) is 7.18. The summed E-state index contributed by atoms with van der Waals surface area (Å²) >= 11 is 6.05. The summed E-state index contributed by atoms with van der Waals surface area (Å²) in [5, 5.41) is 11.8. The van der Waals surface area contributed by atoms with Crippen LogP contribution < -0.4 is 10.2 Å². The zero-order valence-electron chi connectivity index (χ0n) is 20.1. The lowest BCUT2D eigenvalue weighted by molar-refractivity contribution is -0.131. The predicted octanol–water partition coefficient (Wildman–Crippen LogP) is 4.54. The average Bonchev–Trinajstić information content (AvgIpc) is 3.41. The fourth-order valence-corrected chi connectivity index (χ4v) is 5.34. The molecule has 0 aliphatic carbocycles. The molecule has 186 valence electrons. The van der Waals surface area contributed by atoms with E-state index in [0.29, 0.717) is 23.9 Å². The Morgan fingerprint density at radius 2 is 1.78 bits per heavy atom. The fourth-order valence-electron chi connectivity index (χ4n) is 5.12. The van der Waals surface area contributed by atoms with Crippen LogP contribution in [0.4, 0.5) is 11.5 Å². The highest BCUT2D eigenvalue weighted by Gasteiger charge is 2.29. The second-order valence-electron chi connectivity index (χ2n) is 9.59. The van der Waals surface area contributed by atoms with Crippen molar-refractivity contribution < 1.29 is 9.59 Å². The number of carbonyl (C=O) groups excluding carboxylic acids is 2. The topological polar surface area (TPSA) is 78.4 Å². The quantitative estimate of drug-likeness (QED) is 0.534. The summed E-state index contributed by atoms with van der Waals surface area (Å²) in [5.74, 6) is 1.36. The second-order valence-corrected chi connectivity index (χ2v) is 10.0. The molecule has 1 atom stereocenters. The number of piperidine rings is 1. The molecule has 1 N–H and O–H groups in total. The summed E-state index contributed by atoms with van der Waals surface area (Å²) < 4.78 is 0. The summed E-state index contributed by atoms with van der Waals surface area (Å²) in [6.45, 7) is 2.96. The van der Waals surface area contributed by atoms with Crippen LogP contribution in [-0.4, -0.2) is 53.1 Å². The molecule has 0 radical (unpaired) electrons. The number of halogens is 1. The number of nitrogens with zero attached hydrogens (tertiary/aromatic N) is 4. The Labute approximate surface area is 216 Å². The van der Waals surface area contributed by atoms with Gasteiger partial charge in [-0.15, -0.1) is 5.10 Å². The van der Waals surface area contributed by atoms with Crippen molar-refractivity contribution in [2.75, 3.05) is 36.4 Å². The Balaban J connectivity index is 1.09. The maximum absolute atomic E-state index is 12.8. The molecule has 0 saturated carbocycles. The molecule has 2 fully saturated rings. The predicted molar refractivity (Wildman–Crippen MR) is 141 cm³/mol. The van der Waals surface area contributed by atoms with Crippen molar-refractivity contribution in [1.82, 2.24) is 15.1 Å². The van der Waals surface area contributed by atoms with Gasteiger partial charge in [-0.3, -0.25) is 9.59 Å². The van der Waals surface area contributed by atoms with Gasteiger partial charge in [0.1, 0.15) is 0 Å². The van der Waals surface area contributed by atoms with Crippen LogP contribution in [0.1, 0.15) is 36.3 Å². The molecule has 0 unspecified atom stereocenters. The minimum atomic E-state index is -0.0690. The largest absolute Gasteiger partial charge is 0.354 e. The molecule has 2 aliphatic rings. The first-order chi connectivity index (χ1) is 17.5. The molecule has 36 heavy (non-hydrogen) atoms. The van der Waals surface area contributed by atoms with Crippen LogP contribution in [0.3, 0.4) is 0 Å². The van der Waals surface area contributed by atoms with Gasteiger partial charge in [-0.1, -0.05) is 35.9 Å². The van der Waals surface area contributed by atoms with Crippen LogP contribution in [0.15, 0.2) is 66.9 Å². The molecule has 3 aromatic rings. The first kappa shape index (κ1) is 24.3. The maximum atomic E-state index is 12.8. The molecule has 2 aliphatic heterocycles. The molecule has 7 nitrogen and oxygen atoms in total. The van der Waals surface area contributed by atoms with Crippen molar-refractivity contribution in [3.63, 3.8) is 0 Å². The highest BCUT2D eigenvalue weighted by Crippen LogP contribution is 2.30. The minimum absolute atomic E-state index is 0.0423. The molecule has 2 saturated heterocycles. The van der Waals surface area contributed by atoms with Gasteiger partial charge in [0.05, 0.1) is 12.3 Å². The van der Waals surface area contributed by atoms with Crippen LogP contribution in [-0.2, 0) is 16.0 Å². The Morgan fingerprint density at radius 3 is 2.50 bits per heavy atom. The Hall–Kier alpha value is -3.45. The van der Waals surface area contributed by atoms with Crippen molar-refractivity contribution in [1.29, 1.82) is 0 Å². The van der Waals surface area contributed by atoms with Gasteiger partial charge >= 0.3 is 0 Å². The van der Waals surface area contributed by atoms with E-state index in [1.165, 1.54) is 5.56 Å². The number of carbonyl (C=O) groups is 2. The van der Waals surface area contributed by atoms with E-state index in [0.717, 1.165) is 56.0 Å². The molecule has 2 amide bonds. The van der Waals surface area contributed by atoms with E-state index >= 15 is 0 Å².